The van der Waals surface area contributed by atoms with Crippen LogP contribution in [0.5, 0.6) is 0 Å². The maximum Gasteiger partial charge on any atom is 0.0890 e. The molecule has 0 aromatic carbocycles. The van der Waals surface area contributed by atoms with Crippen LogP contribution in [0.3, 0.4) is 0 Å². The lowest BCUT2D eigenvalue weighted by Crippen LogP contribution is -2.26. The van der Waals surface area contributed by atoms with Gasteiger partial charge in [-0.15, -0.1) is 0 Å². The number of rotatable bonds is 12. The monoisotopic (exact) mass is 940 g/mol. The molecule has 0 aliphatic carbocycles. The first-order valence-corrected chi connectivity index (χ1v) is 25.3. The second kappa shape index (κ2) is 28.2. The molecule has 8 aromatic heterocycles. The number of aryl methyl sites for hydroxylation is 2. The van der Waals surface area contributed by atoms with E-state index >= 15 is 0 Å². The molecule has 8 heterocycles. The van der Waals surface area contributed by atoms with Gasteiger partial charge in [0.25, 0.3) is 0 Å². The van der Waals surface area contributed by atoms with Crippen LogP contribution in [0.4, 0.5) is 0 Å². The summed E-state index contributed by atoms with van der Waals surface area (Å²) in [4.78, 5) is 38.2. The molecule has 8 rings (SSSR count). The maximum atomic E-state index is 4.86. The summed E-state index contributed by atoms with van der Waals surface area (Å²) in [7, 11) is -0.183. The fraction of sp³-hybridized carbons (Fsp3) is 0.322. The Bertz CT molecular complexity index is 2550. The lowest BCUT2D eigenvalue weighted by atomic mass is 10.2. The van der Waals surface area contributed by atoms with E-state index in [-0.39, 0.29) is 15.3 Å². The minimum atomic E-state index is -0.183. The zero-order chi connectivity index (χ0) is 48.8. The van der Waals surface area contributed by atoms with Gasteiger partial charge in [-0.05, 0) is 133 Å². The Balaban J connectivity index is 0.000000203. The molecule has 0 unspecified atom stereocenters. The first kappa shape index (κ1) is 55.2. The summed E-state index contributed by atoms with van der Waals surface area (Å²) in [5.74, 6) is 0. The van der Waals surface area contributed by atoms with Crippen LogP contribution in [-0.2, 0) is 25.5 Å². The average Bonchev–Trinajstić information content (AvgIpc) is 3.38. The molecule has 0 saturated heterocycles. The van der Waals surface area contributed by atoms with Gasteiger partial charge in [-0.2, -0.15) is 0 Å². The van der Waals surface area contributed by atoms with Crippen LogP contribution in [0.25, 0.3) is 45.6 Å². The number of hydrogen-bond acceptors (Lipinski definition) is 9. The fourth-order valence-corrected chi connectivity index (χ4v) is 10.9. The highest BCUT2D eigenvalue weighted by atomic mass is 31.1. The van der Waals surface area contributed by atoms with Crippen molar-refractivity contribution in [2.45, 2.75) is 113 Å². The van der Waals surface area contributed by atoms with Crippen LogP contribution in [-0.4, -0.2) is 68.2 Å². The SMILES string of the molecule is C.CC(C)(C)P(Cc1cccc(-c2ccccn2)n1)C(C)(C)C.CCN(CC)Cc1cccc(-c2ccccn2)n1.CCc1cccc(-c2ccccn2)n1.CCc1cccc(-c2ccccn2)n1. The third kappa shape index (κ3) is 18.2. The van der Waals surface area contributed by atoms with Gasteiger partial charge >= 0.3 is 0 Å². The molecular weight excluding hydrogens is 866 g/mol. The highest BCUT2D eigenvalue weighted by molar-refractivity contribution is 7.60. The van der Waals surface area contributed by atoms with E-state index in [1.807, 2.05) is 128 Å². The van der Waals surface area contributed by atoms with Gasteiger partial charge in [0.1, 0.15) is 0 Å². The quantitative estimate of drug-likeness (QED) is 0.111. The van der Waals surface area contributed by atoms with Gasteiger partial charge in [0.15, 0.2) is 0 Å². The lowest BCUT2D eigenvalue weighted by molar-refractivity contribution is 0.292. The third-order valence-electron chi connectivity index (χ3n) is 10.9. The van der Waals surface area contributed by atoms with Crippen molar-refractivity contribution in [3.8, 4) is 45.6 Å². The maximum absolute atomic E-state index is 4.86. The van der Waals surface area contributed by atoms with Gasteiger partial charge in [-0.25, -0.2) is 4.98 Å². The summed E-state index contributed by atoms with van der Waals surface area (Å²) in [5, 5.41) is 0.631. The van der Waals surface area contributed by atoms with Crippen LogP contribution < -0.4 is 0 Å². The lowest BCUT2D eigenvalue weighted by Gasteiger charge is -2.41. The molecule has 0 fully saturated rings. The van der Waals surface area contributed by atoms with Gasteiger partial charge in [-0.1, -0.05) is 133 Å². The number of nitrogens with zero attached hydrogens (tertiary/aromatic N) is 9. The highest BCUT2D eigenvalue weighted by Crippen LogP contribution is 2.61. The summed E-state index contributed by atoms with van der Waals surface area (Å²) in [6.45, 7) is 25.7. The minimum Gasteiger partial charge on any atom is -0.298 e. The van der Waals surface area contributed by atoms with E-state index in [1.54, 1.807) is 18.6 Å². The third-order valence-corrected chi connectivity index (χ3v) is 14.8. The van der Waals surface area contributed by atoms with Crippen molar-refractivity contribution in [1.82, 2.24) is 44.8 Å². The smallest absolute Gasteiger partial charge is 0.0890 e. The van der Waals surface area contributed by atoms with Crippen molar-refractivity contribution in [2.75, 3.05) is 13.1 Å². The molecule has 0 saturated carbocycles. The van der Waals surface area contributed by atoms with Crippen molar-refractivity contribution >= 4 is 7.92 Å². The largest absolute Gasteiger partial charge is 0.298 e. The highest BCUT2D eigenvalue weighted by Gasteiger charge is 2.34. The average molecular weight is 940 g/mol. The first-order chi connectivity index (χ1) is 32.8. The molecule has 0 atom stereocenters. The predicted molar refractivity (Wildman–Crippen MR) is 292 cm³/mol. The summed E-state index contributed by atoms with van der Waals surface area (Å²) in [6.07, 6.45) is 10.2. The standard InChI is InChI=1S/C19H27N2P.C15H19N3.2C12H12N2.CH4/c1-18(2,3)22(19(4,5)6)14-15-10-9-12-17(21-15)16-11-7-8-13-20-16;1-3-18(4-2)12-13-8-7-10-15(17-13)14-9-5-6-11-16-14;2*1-2-10-6-5-8-12(14-10)11-7-3-4-9-13-11;/h7-13H,14H2,1-6H3;5-11H,3-4,12H2,1-2H3;2*3-9H,2H2,1H3;1H4. The Labute approximate surface area is 415 Å². The van der Waals surface area contributed by atoms with E-state index in [9.17, 15) is 0 Å². The van der Waals surface area contributed by atoms with Gasteiger partial charge in [0.05, 0.1) is 51.2 Å². The molecule has 0 radical (unpaired) electrons. The van der Waals surface area contributed by atoms with Crippen molar-refractivity contribution in [1.29, 1.82) is 0 Å². The second-order valence-electron chi connectivity index (χ2n) is 18.0. The van der Waals surface area contributed by atoms with Crippen LogP contribution in [0.1, 0.15) is 99.4 Å². The van der Waals surface area contributed by atoms with Crippen LogP contribution in [0.15, 0.2) is 170 Å². The van der Waals surface area contributed by atoms with Crippen molar-refractivity contribution in [3.05, 3.63) is 193 Å². The summed E-state index contributed by atoms with van der Waals surface area (Å²) >= 11 is 0. The molecule has 0 N–H and O–H groups in total. The van der Waals surface area contributed by atoms with Crippen LogP contribution in [0, 0.1) is 0 Å². The van der Waals surface area contributed by atoms with E-state index in [0.717, 1.165) is 101 Å². The molecule has 360 valence electrons. The molecule has 0 bridgehead atoms. The fourth-order valence-electron chi connectivity index (χ4n) is 7.43. The van der Waals surface area contributed by atoms with E-state index < -0.39 is 0 Å². The van der Waals surface area contributed by atoms with Crippen molar-refractivity contribution < 1.29 is 0 Å². The normalized spacial score (nSPS) is 11.0. The molecule has 0 aliphatic heterocycles. The Morgan fingerprint density at radius 3 is 0.942 bits per heavy atom. The number of aromatic nitrogens is 8. The Morgan fingerprint density at radius 2 is 0.652 bits per heavy atom. The zero-order valence-electron chi connectivity index (χ0n) is 41.9. The molecule has 0 amide bonds. The van der Waals surface area contributed by atoms with E-state index in [0.29, 0.717) is 10.3 Å². The molecule has 10 heteroatoms. The Kier molecular flexibility index (Phi) is 22.5. The summed E-state index contributed by atoms with van der Waals surface area (Å²) in [5.41, 5.74) is 12.0. The Morgan fingerprint density at radius 1 is 0.362 bits per heavy atom. The van der Waals surface area contributed by atoms with Crippen molar-refractivity contribution in [2.24, 2.45) is 0 Å². The van der Waals surface area contributed by atoms with E-state index in [1.165, 1.54) is 5.69 Å². The molecular formula is C59H74N9P. The minimum absolute atomic E-state index is 0. The second-order valence-corrected chi connectivity index (χ2v) is 21.9. The van der Waals surface area contributed by atoms with Crippen LogP contribution >= 0.6 is 7.92 Å². The first-order valence-electron chi connectivity index (χ1n) is 23.8. The predicted octanol–water partition coefficient (Wildman–Crippen LogP) is 14.8. The van der Waals surface area contributed by atoms with Gasteiger partial charge < -0.3 is 0 Å². The molecule has 69 heavy (non-hydrogen) atoms. The zero-order valence-corrected chi connectivity index (χ0v) is 42.8. The van der Waals surface area contributed by atoms with Crippen molar-refractivity contribution in [3.63, 3.8) is 0 Å². The molecule has 0 spiro atoms. The van der Waals surface area contributed by atoms with Gasteiger partial charge in [0.2, 0.25) is 0 Å². The Hall–Kier alpha value is -6.41. The van der Waals surface area contributed by atoms with Gasteiger partial charge in [0, 0.05) is 54.6 Å². The molecule has 0 aliphatic rings. The summed E-state index contributed by atoms with van der Waals surface area (Å²) < 4.78 is 0. The summed E-state index contributed by atoms with van der Waals surface area (Å²) in [6, 6.07) is 48.1. The molecule has 9 nitrogen and oxygen atoms in total. The van der Waals surface area contributed by atoms with Crippen LogP contribution in [0.2, 0.25) is 0 Å². The number of hydrogen-bond donors (Lipinski definition) is 0. The van der Waals surface area contributed by atoms with E-state index in [2.05, 4.69) is 133 Å². The van der Waals surface area contributed by atoms with E-state index in [4.69, 9.17) is 4.98 Å². The number of pyridine rings is 8. The topological polar surface area (TPSA) is 106 Å². The van der Waals surface area contributed by atoms with Gasteiger partial charge in [-0.3, -0.25) is 39.8 Å². The molecule has 8 aromatic rings.